The summed E-state index contributed by atoms with van der Waals surface area (Å²) in [6.45, 7) is 6.29. The van der Waals surface area contributed by atoms with Gasteiger partial charge in [-0.2, -0.15) is 0 Å². The van der Waals surface area contributed by atoms with Crippen molar-refractivity contribution in [1.82, 2.24) is 10.3 Å². The zero-order chi connectivity index (χ0) is 18.0. The van der Waals surface area contributed by atoms with Crippen molar-refractivity contribution in [3.8, 4) is 0 Å². The van der Waals surface area contributed by atoms with Gasteiger partial charge in [-0.3, -0.25) is 9.59 Å². The second kappa shape index (κ2) is 6.67. The van der Waals surface area contributed by atoms with Gasteiger partial charge in [-0.1, -0.05) is 45.0 Å². The Labute approximate surface area is 147 Å². The molecular formula is C20H23N3O2. The molecular weight excluding hydrogens is 314 g/mol. The van der Waals surface area contributed by atoms with Crippen molar-refractivity contribution >= 4 is 17.5 Å². The molecule has 2 N–H and O–H groups in total. The molecule has 0 radical (unpaired) electrons. The lowest BCUT2D eigenvalue weighted by Crippen LogP contribution is -2.27. The van der Waals surface area contributed by atoms with Gasteiger partial charge in [0.2, 0.25) is 0 Å². The van der Waals surface area contributed by atoms with Crippen molar-refractivity contribution in [2.24, 2.45) is 0 Å². The molecule has 1 aromatic carbocycles. The Morgan fingerprint density at radius 1 is 0.960 bits per heavy atom. The van der Waals surface area contributed by atoms with Gasteiger partial charge in [0.05, 0.1) is 0 Å². The van der Waals surface area contributed by atoms with Gasteiger partial charge in [0.15, 0.2) is 0 Å². The lowest BCUT2D eigenvalue weighted by atomic mass is 9.86. The molecule has 0 unspecified atom stereocenters. The molecule has 0 bridgehead atoms. The van der Waals surface area contributed by atoms with E-state index in [2.05, 4.69) is 36.4 Å². The third-order valence-electron chi connectivity index (χ3n) is 4.11. The molecule has 130 valence electrons. The molecule has 1 aliphatic rings. The minimum atomic E-state index is -0.322. The second-order valence-corrected chi connectivity index (χ2v) is 7.41. The molecule has 3 rings (SSSR count). The summed E-state index contributed by atoms with van der Waals surface area (Å²) in [6, 6.07) is 12.9. The molecule has 1 saturated carbocycles. The number of rotatable bonds is 4. The van der Waals surface area contributed by atoms with Gasteiger partial charge in [-0.05, 0) is 42.0 Å². The quantitative estimate of drug-likeness (QED) is 0.896. The Hall–Kier alpha value is -2.69. The number of para-hydroxylation sites is 1. The normalized spacial score (nSPS) is 14.0. The fourth-order valence-corrected chi connectivity index (χ4v) is 2.61. The Morgan fingerprint density at radius 2 is 1.60 bits per heavy atom. The van der Waals surface area contributed by atoms with Crippen LogP contribution in [0.2, 0.25) is 0 Å². The molecule has 5 heteroatoms. The predicted octanol–water partition coefficient (Wildman–Crippen LogP) is 3.52. The standard InChI is InChI=1S/C20H23N3O2/c1-20(2,3)14-7-4-5-8-15(14)23-19(25)17-10-6-9-16(22-17)18(24)21-13-11-12-13/h4-10,13H,11-12H2,1-3H3,(H,21,24)(H,23,25). The minimum absolute atomic E-state index is 0.0939. The van der Waals surface area contributed by atoms with E-state index in [0.29, 0.717) is 0 Å². The summed E-state index contributed by atoms with van der Waals surface area (Å²) in [5, 5.41) is 5.80. The maximum absolute atomic E-state index is 12.6. The van der Waals surface area contributed by atoms with Crippen LogP contribution in [0.3, 0.4) is 0 Å². The number of pyridine rings is 1. The topological polar surface area (TPSA) is 71.1 Å². The highest BCUT2D eigenvalue weighted by Gasteiger charge is 2.25. The molecule has 1 aliphatic carbocycles. The number of benzene rings is 1. The van der Waals surface area contributed by atoms with E-state index in [1.807, 2.05) is 24.3 Å². The molecule has 1 aromatic heterocycles. The summed E-state index contributed by atoms with van der Waals surface area (Å²) >= 11 is 0. The van der Waals surface area contributed by atoms with Gasteiger partial charge >= 0.3 is 0 Å². The van der Waals surface area contributed by atoms with Gasteiger partial charge in [-0.25, -0.2) is 4.98 Å². The van der Waals surface area contributed by atoms with Crippen LogP contribution in [-0.2, 0) is 5.41 Å². The maximum Gasteiger partial charge on any atom is 0.274 e. The molecule has 5 nitrogen and oxygen atoms in total. The van der Waals surface area contributed by atoms with Crippen LogP contribution in [0, 0.1) is 0 Å². The molecule has 0 atom stereocenters. The largest absolute Gasteiger partial charge is 0.348 e. The fourth-order valence-electron chi connectivity index (χ4n) is 2.61. The molecule has 2 amide bonds. The number of carbonyl (C=O) groups is 2. The highest BCUT2D eigenvalue weighted by atomic mass is 16.2. The van der Waals surface area contributed by atoms with Gasteiger partial charge in [0, 0.05) is 11.7 Å². The van der Waals surface area contributed by atoms with Crippen LogP contribution < -0.4 is 10.6 Å². The lowest BCUT2D eigenvalue weighted by Gasteiger charge is -2.22. The summed E-state index contributed by atoms with van der Waals surface area (Å²) in [6.07, 6.45) is 2.02. The fraction of sp³-hybridized carbons (Fsp3) is 0.350. The number of hydrogen-bond donors (Lipinski definition) is 2. The number of carbonyl (C=O) groups excluding carboxylic acids is 2. The van der Waals surface area contributed by atoms with E-state index in [4.69, 9.17) is 0 Å². The zero-order valence-electron chi connectivity index (χ0n) is 14.8. The first-order valence-corrected chi connectivity index (χ1v) is 8.53. The Balaban J connectivity index is 1.79. The van der Waals surface area contributed by atoms with Crippen LogP contribution in [0.25, 0.3) is 0 Å². The minimum Gasteiger partial charge on any atom is -0.348 e. The van der Waals surface area contributed by atoms with E-state index >= 15 is 0 Å². The van der Waals surface area contributed by atoms with Crippen LogP contribution in [0.4, 0.5) is 5.69 Å². The van der Waals surface area contributed by atoms with Gasteiger partial charge in [0.25, 0.3) is 11.8 Å². The van der Waals surface area contributed by atoms with Gasteiger partial charge < -0.3 is 10.6 Å². The Kier molecular flexibility index (Phi) is 4.57. The number of hydrogen-bond acceptors (Lipinski definition) is 3. The van der Waals surface area contributed by atoms with Crippen molar-refractivity contribution in [2.75, 3.05) is 5.32 Å². The number of amides is 2. The van der Waals surface area contributed by atoms with Gasteiger partial charge in [-0.15, -0.1) is 0 Å². The molecule has 0 saturated heterocycles. The summed E-state index contributed by atoms with van der Waals surface area (Å²) in [4.78, 5) is 28.9. The van der Waals surface area contributed by atoms with E-state index in [-0.39, 0.29) is 34.7 Å². The molecule has 25 heavy (non-hydrogen) atoms. The Bertz CT molecular complexity index is 805. The highest BCUT2D eigenvalue weighted by Crippen LogP contribution is 2.29. The number of nitrogens with one attached hydrogen (secondary N) is 2. The van der Waals surface area contributed by atoms with E-state index < -0.39 is 0 Å². The first-order valence-electron chi connectivity index (χ1n) is 8.53. The van der Waals surface area contributed by atoms with E-state index in [0.717, 1.165) is 24.1 Å². The maximum atomic E-state index is 12.6. The first kappa shape index (κ1) is 17.1. The number of anilines is 1. The predicted molar refractivity (Wildman–Crippen MR) is 97.8 cm³/mol. The third-order valence-corrected chi connectivity index (χ3v) is 4.11. The SMILES string of the molecule is CC(C)(C)c1ccccc1NC(=O)c1cccc(C(=O)NC2CC2)n1. The summed E-state index contributed by atoms with van der Waals surface area (Å²) < 4.78 is 0. The van der Waals surface area contributed by atoms with Crippen molar-refractivity contribution < 1.29 is 9.59 Å². The summed E-state index contributed by atoms with van der Waals surface area (Å²) in [5.74, 6) is -0.551. The first-order chi connectivity index (χ1) is 11.8. The smallest absolute Gasteiger partial charge is 0.274 e. The summed E-state index contributed by atoms with van der Waals surface area (Å²) in [7, 11) is 0. The molecule has 0 spiro atoms. The van der Waals surface area contributed by atoms with Crippen LogP contribution in [-0.4, -0.2) is 22.8 Å². The number of nitrogens with zero attached hydrogens (tertiary/aromatic N) is 1. The van der Waals surface area contributed by atoms with Crippen molar-refractivity contribution in [3.05, 3.63) is 59.4 Å². The molecule has 2 aromatic rings. The van der Waals surface area contributed by atoms with Gasteiger partial charge in [0.1, 0.15) is 11.4 Å². The van der Waals surface area contributed by atoms with E-state index in [1.165, 1.54) is 0 Å². The van der Waals surface area contributed by atoms with Crippen LogP contribution in [0.15, 0.2) is 42.5 Å². The number of aromatic nitrogens is 1. The van der Waals surface area contributed by atoms with E-state index in [9.17, 15) is 9.59 Å². The Morgan fingerprint density at radius 3 is 2.24 bits per heavy atom. The van der Waals surface area contributed by atoms with Crippen LogP contribution >= 0.6 is 0 Å². The second-order valence-electron chi connectivity index (χ2n) is 7.41. The van der Waals surface area contributed by atoms with Crippen LogP contribution in [0.5, 0.6) is 0 Å². The van der Waals surface area contributed by atoms with Crippen molar-refractivity contribution in [1.29, 1.82) is 0 Å². The highest BCUT2D eigenvalue weighted by molar-refractivity contribution is 6.04. The molecule has 0 aliphatic heterocycles. The van der Waals surface area contributed by atoms with Crippen LogP contribution in [0.1, 0.15) is 60.2 Å². The average molecular weight is 337 g/mol. The zero-order valence-corrected chi connectivity index (χ0v) is 14.8. The third kappa shape index (κ3) is 4.24. The average Bonchev–Trinajstić information content (AvgIpc) is 3.38. The van der Waals surface area contributed by atoms with Crippen molar-refractivity contribution in [3.63, 3.8) is 0 Å². The summed E-state index contributed by atoms with van der Waals surface area (Å²) in [5.41, 5.74) is 2.21. The van der Waals surface area contributed by atoms with E-state index in [1.54, 1.807) is 18.2 Å². The molecule has 1 heterocycles. The lowest BCUT2D eigenvalue weighted by molar-refractivity contribution is 0.0946. The molecule has 1 fully saturated rings. The monoisotopic (exact) mass is 337 g/mol. The van der Waals surface area contributed by atoms with Crippen molar-refractivity contribution in [2.45, 2.75) is 45.1 Å².